The molecule has 7 heteroatoms. The lowest BCUT2D eigenvalue weighted by Gasteiger charge is -2.25. The molecular formula is C14H16N2O5. The average Bonchev–Trinajstić information content (AvgIpc) is 2.46. The van der Waals surface area contributed by atoms with E-state index in [1.807, 2.05) is 0 Å². The molecule has 1 aliphatic rings. The van der Waals surface area contributed by atoms with Crippen LogP contribution in [0.3, 0.4) is 0 Å². The molecule has 112 valence electrons. The predicted octanol–water partition coefficient (Wildman–Crippen LogP) is 2.67. The maximum Gasteiger partial charge on any atom is 0.341 e. The molecule has 2 rings (SSSR count). The lowest BCUT2D eigenvalue weighted by atomic mass is 9.85. The van der Waals surface area contributed by atoms with Crippen LogP contribution in [0.25, 0.3) is 0 Å². The van der Waals surface area contributed by atoms with Crippen molar-refractivity contribution in [2.45, 2.75) is 19.8 Å². The molecule has 2 atom stereocenters. The Morgan fingerprint density at radius 3 is 2.86 bits per heavy atom. The van der Waals surface area contributed by atoms with Crippen molar-refractivity contribution in [3.63, 3.8) is 0 Å². The van der Waals surface area contributed by atoms with Crippen molar-refractivity contribution in [3.8, 4) is 5.88 Å². The van der Waals surface area contributed by atoms with E-state index in [9.17, 15) is 14.9 Å². The van der Waals surface area contributed by atoms with Gasteiger partial charge >= 0.3 is 5.97 Å². The number of rotatable bonds is 5. The van der Waals surface area contributed by atoms with Gasteiger partial charge in [-0.25, -0.2) is 9.78 Å². The standard InChI is InChI=1S/C14H16N2O5/c1-9-4-2-3-5-10(9)8-21-13-12(14(17)18)6-11(7-15-13)16(19)20/h2-3,6-7,9-10H,4-5,8H2,1H3,(H,17,18). The molecule has 0 bridgehead atoms. The van der Waals surface area contributed by atoms with Crippen LogP contribution in [0.2, 0.25) is 0 Å². The van der Waals surface area contributed by atoms with Crippen molar-refractivity contribution < 1.29 is 19.6 Å². The fourth-order valence-corrected chi connectivity index (χ4v) is 2.23. The fourth-order valence-electron chi connectivity index (χ4n) is 2.23. The Labute approximate surface area is 121 Å². The molecule has 0 spiro atoms. The monoisotopic (exact) mass is 292 g/mol. The summed E-state index contributed by atoms with van der Waals surface area (Å²) in [5.41, 5.74) is -0.656. The second kappa shape index (κ2) is 6.34. The Hall–Kier alpha value is -2.44. The number of nitro groups is 1. The van der Waals surface area contributed by atoms with E-state index >= 15 is 0 Å². The van der Waals surface area contributed by atoms with E-state index in [-0.39, 0.29) is 23.0 Å². The first-order valence-electron chi connectivity index (χ1n) is 6.64. The van der Waals surface area contributed by atoms with Crippen LogP contribution in [0.5, 0.6) is 5.88 Å². The van der Waals surface area contributed by atoms with E-state index in [1.54, 1.807) is 0 Å². The lowest BCUT2D eigenvalue weighted by Crippen LogP contribution is -2.22. The summed E-state index contributed by atoms with van der Waals surface area (Å²) in [5, 5.41) is 19.8. The third-order valence-corrected chi connectivity index (χ3v) is 3.63. The molecule has 0 saturated heterocycles. The number of pyridine rings is 1. The second-order valence-corrected chi connectivity index (χ2v) is 5.10. The van der Waals surface area contributed by atoms with Gasteiger partial charge in [0, 0.05) is 6.07 Å². The molecular weight excluding hydrogens is 276 g/mol. The third-order valence-electron chi connectivity index (χ3n) is 3.63. The van der Waals surface area contributed by atoms with Crippen molar-refractivity contribution >= 4 is 11.7 Å². The molecule has 2 unspecified atom stereocenters. The highest BCUT2D eigenvalue weighted by Crippen LogP contribution is 2.27. The Kier molecular flexibility index (Phi) is 4.52. The molecule has 0 fully saturated rings. The molecule has 0 aromatic carbocycles. The highest BCUT2D eigenvalue weighted by Gasteiger charge is 2.22. The van der Waals surface area contributed by atoms with E-state index < -0.39 is 10.9 Å². The van der Waals surface area contributed by atoms with Gasteiger partial charge in [-0.1, -0.05) is 19.1 Å². The molecule has 0 aliphatic heterocycles. The first-order chi connectivity index (χ1) is 9.99. The smallest absolute Gasteiger partial charge is 0.341 e. The van der Waals surface area contributed by atoms with Gasteiger partial charge in [0.15, 0.2) is 0 Å². The Balaban J connectivity index is 2.14. The largest absolute Gasteiger partial charge is 0.477 e. The molecule has 7 nitrogen and oxygen atoms in total. The Morgan fingerprint density at radius 1 is 1.52 bits per heavy atom. The molecule has 1 aromatic rings. The number of hydrogen-bond donors (Lipinski definition) is 1. The van der Waals surface area contributed by atoms with E-state index in [0.29, 0.717) is 12.5 Å². The summed E-state index contributed by atoms with van der Waals surface area (Å²) >= 11 is 0. The molecule has 1 N–H and O–H groups in total. The number of carboxylic acid groups (broad SMARTS) is 1. The van der Waals surface area contributed by atoms with E-state index in [0.717, 1.165) is 25.1 Å². The lowest BCUT2D eigenvalue weighted by molar-refractivity contribution is -0.385. The van der Waals surface area contributed by atoms with Crippen LogP contribution >= 0.6 is 0 Å². The molecule has 1 aromatic heterocycles. The van der Waals surface area contributed by atoms with Crippen LogP contribution in [-0.4, -0.2) is 27.6 Å². The van der Waals surface area contributed by atoms with E-state index in [1.165, 1.54) is 0 Å². The zero-order chi connectivity index (χ0) is 15.4. The topological polar surface area (TPSA) is 103 Å². The highest BCUT2D eigenvalue weighted by molar-refractivity contribution is 5.90. The summed E-state index contributed by atoms with van der Waals surface area (Å²) in [6, 6.07) is 0.967. The van der Waals surface area contributed by atoms with Crippen molar-refractivity contribution in [1.82, 2.24) is 4.98 Å². The summed E-state index contributed by atoms with van der Waals surface area (Å²) in [6.07, 6.45) is 7.04. The minimum Gasteiger partial charge on any atom is -0.477 e. The summed E-state index contributed by atoms with van der Waals surface area (Å²) in [6.45, 7) is 2.45. The minimum absolute atomic E-state index is 0.0742. The molecule has 21 heavy (non-hydrogen) atoms. The maximum absolute atomic E-state index is 11.2. The van der Waals surface area contributed by atoms with Crippen molar-refractivity contribution in [2.75, 3.05) is 6.61 Å². The van der Waals surface area contributed by atoms with Crippen LogP contribution in [0.1, 0.15) is 30.1 Å². The number of hydrogen-bond acceptors (Lipinski definition) is 5. The SMILES string of the molecule is CC1CC=CCC1COc1ncc([N+](=O)[O-])cc1C(=O)O. The minimum atomic E-state index is -1.29. The molecule has 0 saturated carbocycles. The van der Waals surface area contributed by atoms with Crippen molar-refractivity contribution in [2.24, 2.45) is 11.8 Å². The quantitative estimate of drug-likeness (QED) is 0.508. The van der Waals surface area contributed by atoms with E-state index in [4.69, 9.17) is 9.84 Å². The number of ether oxygens (including phenoxy) is 1. The Morgan fingerprint density at radius 2 is 2.24 bits per heavy atom. The highest BCUT2D eigenvalue weighted by atomic mass is 16.6. The number of carboxylic acids is 1. The van der Waals surface area contributed by atoms with Gasteiger partial charge in [0.2, 0.25) is 5.88 Å². The second-order valence-electron chi connectivity index (χ2n) is 5.10. The third kappa shape index (κ3) is 3.56. The predicted molar refractivity (Wildman–Crippen MR) is 74.4 cm³/mol. The molecule has 1 heterocycles. The zero-order valence-electron chi connectivity index (χ0n) is 11.6. The van der Waals surface area contributed by atoms with Crippen LogP contribution in [-0.2, 0) is 0 Å². The first-order valence-corrected chi connectivity index (χ1v) is 6.64. The van der Waals surface area contributed by atoms with Crippen molar-refractivity contribution in [3.05, 3.63) is 40.1 Å². The molecule has 1 aliphatic carbocycles. The number of nitrogens with zero attached hydrogens (tertiary/aromatic N) is 2. The number of allylic oxidation sites excluding steroid dienone is 2. The summed E-state index contributed by atoms with van der Waals surface area (Å²) < 4.78 is 5.49. The fraction of sp³-hybridized carbons (Fsp3) is 0.429. The zero-order valence-corrected chi connectivity index (χ0v) is 11.6. The maximum atomic E-state index is 11.2. The van der Waals surface area contributed by atoms with Gasteiger partial charge in [-0.05, 0) is 24.7 Å². The number of aromatic carboxylic acids is 1. The summed E-state index contributed by atoms with van der Waals surface area (Å²) in [4.78, 5) is 24.9. The average molecular weight is 292 g/mol. The molecule has 0 amide bonds. The van der Waals surface area contributed by atoms with Crippen LogP contribution in [0, 0.1) is 22.0 Å². The summed E-state index contributed by atoms with van der Waals surface area (Å²) in [7, 11) is 0. The van der Waals surface area contributed by atoms with Gasteiger partial charge in [0.1, 0.15) is 11.8 Å². The van der Waals surface area contributed by atoms with Gasteiger partial charge in [-0.2, -0.15) is 0 Å². The number of carbonyl (C=O) groups is 1. The van der Waals surface area contributed by atoms with Gasteiger partial charge in [0.05, 0.1) is 11.5 Å². The van der Waals surface area contributed by atoms with Gasteiger partial charge in [-0.15, -0.1) is 0 Å². The summed E-state index contributed by atoms with van der Waals surface area (Å²) in [5.74, 6) is -0.636. The van der Waals surface area contributed by atoms with Gasteiger partial charge in [-0.3, -0.25) is 10.1 Å². The van der Waals surface area contributed by atoms with Crippen LogP contribution in [0.4, 0.5) is 5.69 Å². The number of aromatic nitrogens is 1. The van der Waals surface area contributed by atoms with Crippen molar-refractivity contribution in [1.29, 1.82) is 0 Å². The molecule has 0 radical (unpaired) electrons. The first kappa shape index (κ1) is 15.0. The van der Waals surface area contributed by atoms with Gasteiger partial charge < -0.3 is 9.84 Å². The van der Waals surface area contributed by atoms with Gasteiger partial charge in [0.25, 0.3) is 5.69 Å². The normalized spacial score (nSPS) is 21.0. The van der Waals surface area contributed by atoms with Crippen LogP contribution < -0.4 is 4.74 Å². The van der Waals surface area contributed by atoms with E-state index in [2.05, 4.69) is 24.1 Å². The van der Waals surface area contributed by atoms with Crippen LogP contribution in [0.15, 0.2) is 24.4 Å². The Bertz CT molecular complexity index is 585.